The van der Waals surface area contributed by atoms with Crippen LogP contribution in [0.1, 0.15) is 5.82 Å². The van der Waals surface area contributed by atoms with E-state index in [-0.39, 0.29) is 35.7 Å². The summed E-state index contributed by atoms with van der Waals surface area (Å²) in [4.78, 5) is 8.74. The zero-order valence-electron chi connectivity index (χ0n) is 14.9. The van der Waals surface area contributed by atoms with E-state index in [0.29, 0.717) is 18.8 Å². The summed E-state index contributed by atoms with van der Waals surface area (Å²) in [5, 5.41) is 2.83. The number of hydrogen-bond acceptors (Lipinski definition) is 3. The Labute approximate surface area is 176 Å². The average Bonchev–Trinajstić information content (AvgIpc) is 2.91. The Balaban J connectivity index is 0.00000280. The summed E-state index contributed by atoms with van der Waals surface area (Å²) in [6.45, 7) is 2.96. The number of benzene rings is 2. The molecule has 0 unspecified atom stereocenters. The molecular weight excluding hydrogens is 486 g/mol. The maximum absolute atomic E-state index is 12.2. The predicted molar refractivity (Wildman–Crippen MR) is 113 cm³/mol. The van der Waals surface area contributed by atoms with Crippen molar-refractivity contribution >= 4 is 46.7 Å². The molecule has 0 radical (unpaired) electrons. The van der Waals surface area contributed by atoms with Crippen LogP contribution in [0, 0.1) is 6.92 Å². The fourth-order valence-corrected chi connectivity index (χ4v) is 2.68. The summed E-state index contributed by atoms with van der Waals surface area (Å²) in [7, 11) is 0. The molecule has 3 N–H and O–H groups in total. The van der Waals surface area contributed by atoms with E-state index < -0.39 is 6.36 Å². The summed E-state index contributed by atoms with van der Waals surface area (Å²) >= 11 is 0. The molecule has 6 nitrogen and oxygen atoms in total. The largest absolute Gasteiger partial charge is 0.573 e. The van der Waals surface area contributed by atoms with Gasteiger partial charge in [0.25, 0.3) is 0 Å². The Kier molecular flexibility index (Phi) is 7.11. The van der Waals surface area contributed by atoms with Crippen LogP contribution in [0.25, 0.3) is 11.0 Å². The van der Waals surface area contributed by atoms with E-state index in [9.17, 15) is 13.2 Å². The molecule has 0 aliphatic heterocycles. The topological polar surface area (TPSA) is 77.5 Å². The Hall–Kier alpha value is -2.50. The second kappa shape index (κ2) is 9.13. The monoisotopic (exact) mass is 505 g/mol. The normalized spacial score (nSPS) is 11.9. The quantitative estimate of drug-likeness (QED) is 0.308. The van der Waals surface area contributed by atoms with Gasteiger partial charge in [-0.25, -0.2) is 4.98 Å². The number of nitrogens with zero attached hydrogens (tertiary/aromatic N) is 3. The van der Waals surface area contributed by atoms with Crippen LogP contribution in [0.2, 0.25) is 0 Å². The molecule has 0 aliphatic carbocycles. The van der Waals surface area contributed by atoms with Crippen LogP contribution in [0.4, 0.5) is 18.9 Å². The fraction of sp³-hybridized carbons (Fsp3) is 0.222. The molecule has 150 valence electrons. The first kappa shape index (κ1) is 21.8. The minimum atomic E-state index is -4.72. The van der Waals surface area contributed by atoms with Crippen LogP contribution in [-0.4, -0.2) is 28.4 Å². The molecule has 0 aliphatic rings. The van der Waals surface area contributed by atoms with Crippen LogP contribution in [0.3, 0.4) is 0 Å². The van der Waals surface area contributed by atoms with Crippen molar-refractivity contribution in [3.63, 3.8) is 0 Å². The molecule has 0 fully saturated rings. The fourth-order valence-electron chi connectivity index (χ4n) is 2.68. The summed E-state index contributed by atoms with van der Waals surface area (Å²) < 4.78 is 42.3. The predicted octanol–water partition coefficient (Wildman–Crippen LogP) is 4.29. The van der Waals surface area contributed by atoms with E-state index in [0.717, 1.165) is 16.9 Å². The molecule has 1 aromatic heterocycles. The number of ether oxygens (including phenoxy) is 1. The molecule has 0 bridgehead atoms. The molecule has 0 atom stereocenters. The first-order valence-electron chi connectivity index (χ1n) is 8.16. The van der Waals surface area contributed by atoms with Gasteiger partial charge in [-0.15, -0.1) is 37.1 Å². The Morgan fingerprint density at radius 2 is 1.86 bits per heavy atom. The number of aryl methyl sites for hydroxylation is 1. The maximum atomic E-state index is 12.2. The molecule has 0 saturated carbocycles. The third-order valence-corrected chi connectivity index (χ3v) is 3.81. The number of halogens is 4. The van der Waals surface area contributed by atoms with Gasteiger partial charge < -0.3 is 20.4 Å². The van der Waals surface area contributed by atoms with Gasteiger partial charge in [0.15, 0.2) is 5.96 Å². The molecule has 3 aromatic rings. The van der Waals surface area contributed by atoms with Crippen molar-refractivity contribution < 1.29 is 17.9 Å². The molecule has 0 spiro atoms. The zero-order chi connectivity index (χ0) is 19.4. The summed E-state index contributed by atoms with van der Waals surface area (Å²) in [5.41, 5.74) is 8.30. The van der Waals surface area contributed by atoms with Crippen molar-refractivity contribution in [2.45, 2.75) is 19.8 Å². The molecule has 1 heterocycles. The summed E-state index contributed by atoms with van der Waals surface area (Å²) in [6, 6.07) is 13.1. The van der Waals surface area contributed by atoms with E-state index in [1.807, 2.05) is 31.2 Å². The van der Waals surface area contributed by atoms with Gasteiger partial charge in [-0.3, -0.25) is 4.99 Å². The number of anilines is 1. The van der Waals surface area contributed by atoms with Crippen molar-refractivity contribution in [3.8, 4) is 5.75 Å². The highest BCUT2D eigenvalue weighted by molar-refractivity contribution is 14.0. The highest BCUT2D eigenvalue weighted by Crippen LogP contribution is 2.23. The van der Waals surface area contributed by atoms with Crippen molar-refractivity contribution in [1.82, 2.24) is 9.55 Å². The maximum Gasteiger partial charge on any atom is 0.573 e. The van der Waals surface area contributed by atoms with Gasteiger partial charge in [-0.2, -0.15) is 0 Å². The van der Waals surface area contributed by atoms with E-state index in [1.54, 1.807) is 0 Å². The van der Waals surface area contributed by atoms with Crippen molar-refractivity contribution in [3.05, 3.63) is 54.4 Å². The number of hydrogen-bond donors (Lipinski definition) is 2. The van der Waals surface area contributed by atoms with Crippen molar-refractivity contribution in [2.24, 2.45) is 10.7 Å². The van der Waals surface area contributed by atoms with E-state index in [4.69, 9.17) is 5.73 Å². The average molecular weight is 505 g/mol. The van der Waals surface area contributed by atoms with Crippen LogP contribution >= 0.6 is 24.0 Å². The number of para-hydroxylation sites is 2. The lowest BCUT2D eigenvalue weighted by Crippen LogP contribution is -2.23. The van der Waals surface area contributed by atoms with Gasteiger partial charge in [-0.05, 0) is 43.3 Å². The lowest BCUT2D eigenvalue weighted by Gasteiger charge is -2.10. The van der Waals surface area contributed by atoms with Gasteiger partial charge >= 0.3 is 6.36 Å². The number of alkyl halides is 3. The van der Waals surface area contributed by atoms with Crippen LogP contribution in [0.15, 0.2) is 53.5 Å². The molecule has 3 rings (SSSR count). The molecule has 2 aromatic carbocycles. The second-order valence-corrected chi connectivity index (χ2v) is 5.76. The van der Waals surface area contributed by atoms with Crippen LogP contribution < -0.4 is 15.8 Å². The van der Waals surface area contributed by atoms with E-state index in [2.05, 4.69) is 24.6 Å². The minimum Gasteiger partial charge on any atom is -0.406 e. The number of nitrogens with one attached hydrogen (secondary N) is 1. The second-order valence-electron chi connectivity index (χ2n) is 5.76. The first-order chi connectivity index (χ1) is 12.8. The van der Waals surface area contributed by atoms with Gasteiger partial charge in [0, 0.05) is 12.2 Å². The minimum absolute atomic E-state index is 0. The Morgan fingerprint density at radius 1 is 1.18 bits per heavy atom. The Morgan fingerprint density at radius 3 is 2.54 bits per heavy atom. The molecular formula is C18H19F3IN5O. The number of rotatable bonds is 5. The summed E-state index contributed by atoms with van der Waals surface area (Å²) in [6.07, 6.45) is -4.72. The van der Waals surface area contributed by atoms with Crippen LogP contribution in [-0.2, 0) is 6.54 Å². The van der Waals surface area contributed by atoms with E-state index >= 15 is 0 Å². The van der Waals surface area contributed by atoms with Gasteiger partial charge in [0.1, 0.15) is 11.6 Å². The van der Waals surface area contributed by atoms with E-state index in [1.165, 1.54) is 24.3 Å². The number of fused-ring (bicyclic) bond motifs is 1. The Bertz CT molecular complexity index is 954. The van der Waals surface area contributed by atoms with Crippen molar-refractivity contribution in [2.75, 3.05) is 11.9 Å². The van der Waals surface area contributed by atoms with Gasteiger partial charge in [0.2, 0.25) is 0 Å². The number of aromatic nitrogens is 2. The first-order valence-corrected chi connectivity index (χ1v) is 8.16. The number of nitrogens with two attached hydrogens (primary N) is 1. The SMILES string of the molecule is Cc1nc2ccccc2n1CCN=C(N)Nc1ccc(OC(F)(F)F)cc1.I. The number of guanidine groups is 1. The third kappa shape index (κ3) is 5.75. The highest BCUT2D eigenvalue weighted by atomic mass is 127. The smallest absolute Gasteiger partial charge is 0.406 e. The summed E-state index contributed by atoms with van der Waals surface area (Å²) in [5.74, 6) is 0.755. The molecule has 0 amide bonds. The standard InChI is InChI=1S/C18H18F3N5O.HI/c1-12-24-15-4-2-3-5-16(15)26(12)11-10-23-17(22)25-13-6-8-14(9-7-13)27-18(19,20)21;/h2-9H,10-11H2,1H3,(H3,22,23,25);1H. The highest BCUT2D eigenvalue weighted by Gasteiger charge is 2.30. The van der Waals surface area contributed by atoms with Gasteiger partial charge in [-0.1, -0.05) is 12.1 Å². The zero-order valence-corrected chi connectivity index (χ0v) is 17.2. The molecule has 28 heavy (non-hydrogen) atoms. The lowest BCUT2D eigenvalue weighted by atomic mass is 10.3. The third-order valence-electron chi connectivity index (χ3n) is 3.81. The molecule has 10 heteroatoms. The van der Waals surface area contributed by atoms with Crippen molar-refractivity contribution in [1.29, 1.82) is 0 Å². The van der Waals surface area contributed by atoms with Gasteiger partial charge in [0.05, 0.1) is 17.6 Å². The number of imidazole rings is 1. The molecule has 0 saturated heterocycles. The van der Waals surface area contributed by atoms with Crippen LogP contribution in [0.5, 0.6) is 5.75 Å². The number of aliphatic imine (C=N–C) groups is 1. The lowest BCUT2D eigenvalue weighted by molar-refractivity contribution is -0.274.